The number of allylic oxidation sites excluding steroid dienone is 5. The average Bonchev–Trinajstić information content (AvgIpc) is 2.75. The van der Waals surface area contributed by atoms with E-state index in [1.54, 1.807) is 0 Å². The molecule has 2 aliphatic rings. The second-order valence-electron chi connectivity index (χ2n) is 6.61. The largest absolute Gasteiger partial charge is 0.456 e. The summed E-state index contributed by atoms with van der Waals surface area (Å²) in [6.45, 7) is 0. The van der Waals surface area contributed by atoms with Crippen molar-refractivity contribution in [2.45, 2.75) is 0 Å². The molecule has 0 aromatic heterocycles. The standard InChI is InChI=1S/C24H21N2O/c1-26(2)24-14-13-20(17-25-24)21-15-22(18-9-5-3-6-10-18)27-23(16-21)19-11-7-4-8-12-19/h3-17H,1-2H3/q+1. The Labute approximate surface area is 159 Å². The molecule has 0 amide bonds. The Bertz CT molecular complexity index is 957. The van der Waals surface area contributed by atoms with Gasteiger partial charge in [-0.2, -0.15) is 0 Å². The number of rotatable bonds is 2. The van der Waals surface area contributed by atoms with Gasteiger partial charge in [0.25, 0.3) is 0 Å². The van der Waals surface area contributed by atoms with E-state index < -0.39 is 0 Å². The first-order chi connectivity index (χ1) is 13.2. The molecule has 0 saturated carbocycles. The molecule has 0 saturated heterocycles. The van der Waals surface area contributed by atoms with Crippen molar-refractivity contribution in [3.05, 3.63) is 107 Å². The fourth-order valence-corrected chi connectivity index (χ4v) is 2.98. The normalized spacial score (nSPS) is 16.0. The van der Waals surface area contributed by atoms with Crippen molar-refractivity contribution in [1.29, 1.82) is 0 Å². The quantitative estimate of drug-likeness (QED) is 0.718. The van der Waals surface area contributed by atoms with E-state index in [9.17, 15) is 0 Å². The van der Waals surface area contributed by atoms with Crippen molar-refractivity contribution in [3.63, 3.8) is 0 Å². The van der Waals surface area contributed by atoms with Crippen molar-refractivity contribution in [3.8, 4) is 0 Å². The maximum absolute atomic E-state index is 6.24. The highest BCUT2D eigenvalue weighted by Crippen LogP contribution is 2.33. The van der Waals surface area contributed by atoms with Gasteiger partial charge < -0.3 is 4.74 Å². The third-order valence-corrected chi connectivity index (χ3v) is 4.45. The van der Waals surface area contributed by atoms with E-state index in [1.807, 2.05) is 67.4 Å². The molecule has 2 aromatic rings. The van der Waals surface area contributed by atoms with Gasteiger partial charge >= 0.3 is 5.84 Å². The zero-order chi connectivity index (χ0) is 18.6. The van der Waals surface area contributed by atoms with E-state index in [0.717, 1.165) is 39.6 Å². The molecule has 4 rings (SSSR count). The number of aliphatic imine (C=N–C) groups is 1. The third-order valence-electron chi connectivity index (χ3n) is 4.45. The predicted molar refractivity (Wildman–Crippen MR) is 112 cm³/mol. The summed E-state index contributed by atoms with van der Waals surface area (Å²) >= 11 is 0. The van der Waals surface area contributed by atoms with Crippen molar-refractivity contribution in [1.82, 2.24) is 0 Å². The molecule has 27 heavy (non-hydrogen) atoms. The molecule has 2 aromatic carbocycles. The van der Waals surface area contributed by atoms with Crippen molar-refractivity contribution in [2.75, 3.05) is 14.1 Å². The molecule has 2 heterocycles. The Morgan fingerprint density at radius 1 is 0.704 bits per heavy atom. The summed E-state index contributed by atoms with van der Waals surface area (Å²) in [6.07, 6.45) is 10.2. The summed E-state index contributed by atoms with van der Waals surface area (Å²) in [5.74, 6) is 2.61. The summed E-state index contributed by atoms with van der Waals surface area (Å²) in [5.41, 5.74) is 4.24. The third kappa shape index (κ3) is 3.72. The molecule has 0 fully saturated rings. The Morgan fingerprint density at radius 3 is 1.70 bits per heavy atom. The molecule has 3 nitrogen and oxygen atoms in total. The summed E-state index contributed by atoms with van der Waals surface area (Å²) < 4.78 is 8.24. The number of benzene rings is 2. The van der Waals surface area contributed by atoms with E-state index in [0.29, 0.717) is 0 Å². The summed E-state index contributed by atoms with van der Waals surface area (Å²) in [6, 6.07) is 20.3. The smallest absolute Gasteiger partial charge is 0.317 e. The second kappa shape index (κ2) is 7.42. The molecule has 132 valence electrons. The van der Waals surface area contributed by atoms with Gasteiger partial charge in [-0.15, -0.1) is 0 Å². The van der Waals surface area contributed by atoms with Crippen LogP contribution in [0, 0.1) is 0 Å². The van der Waals surface area contributed by atoms with Crippen LogP contribution in [0.2, 0.25) is 0 Å². The Balaban J connectivity index is 1.81. The first kappa shape index (κ1) is 17.0. The highest BCUT2D eigenvalue weighted by atomic mass is 16.5. The molecule has 0 N–H and O–H groups in total. The van der Waals surface area contributed by atoms with Crippen LogP contribution in [-0.2, 0) is 4.74 Å². The van der Waals surface area contributed by atoms with Gasteiger partial charge in [-0.25, -0.2) is 0 Å². The summed E-state index contributed by atoms with van der Waals surface area (Å²) in [5, 5.41) is 0. The molecule has 0 radical (unpaired) electrons. The Morgan fingerprint density at radius 2 is 1.26 bits per heavy atom. The monoisotopic (exact) mass is 353 g/mol. The topological polar surface area (TPSA) is 24.6 Å². The first-order valence-electron chi connectivity index (χ1n) is 8.93. The van der Waals surface area contributed by atoms with E-state index in [2.05, 4.69) is 47.5 Å². The van der Waals surface area contributed by atoms with Gasteiger partial charge in [0.1, 0.15) is 17.7 Å². The van der Waals surface area contributed by atoms with Gasteiger partial charge in [0.15, 0.2) is 0 Å². The lowest BCUT2D eigenvalue weighted by atomic mass is 9.99. The van der Waals surface area contributed by atoms with Crippen LogP contribution < -0.4 is 0 Å². The van der Waals surface area contributed by atoms with Crippen LogP contribution in [0.4, 0.5) is 0 Å². The molecule has 0 spiro atoms. The minimum atomic E-state index is 0.837. The molecule has 0 atom stereocenters. The van der Waals surface area contributed by atoms with Crippen LogP contribution >= 0.6 is 0 Å². The number of dihydropyridines is 1. The van der Waals surface area contributed by atoms with Crippen LogP contribution in [0.5, 0.6) is 0 Å². The van der Waals surface area contributed by atoms with Gasteiger partial charge in [-0.05, 0) is 28.8 Å². The molecular weight excluding hydrogens is 332 g/mol. The molecule has 0 aliphatic carbocycles. The Hall–Kier alpha value is -3.46. The van der Waals surface area contributed by atoms with Crippen molar-refractivity contribution < 1.29 is 9.31 Å². The minimum Gasteiger partial charge on any atom is -0.456 e. The number of amidine groups is 1. The fourth-order valence-electron chi connectivity index (χ4n) is 2.98. The van der Waals surface area contributed by atoms with Crippen LogP contribution in [-0.4, -0.2) is 30.7 Å². The molecular formula is C24H21N2O+. The predicted octanol–water partition coefficient (Wildman–Crippen LogP) is 4.71. The molecule has 0 unspecified atom stereocenters. The summed E-state index contributed by atoms with van der Waals surface area (Å²) in [7, 11) is 3.98. The summed E-state index contributed by atoms with van der Waals surface area (Å²) in [4.78, 5) is 4.55. The van der Waals surface area contributed by atoms with E-state index in [1.165, 1.54) is 0 Å². The number of hydrogen-bond acceptors (Lipinski definition) is 1. The van der Waals surface area contributed by atoms with E-state index in [-0.39, 0.29) is 0 Å². The zero-order valence-corrected chi connectivity index (χ0v) is 15.5. The number of hydrogen-bond donors (Lipinski definition) is 0. The van der Waals surface area contributed by atoms with Gasteiger partial charge in [0.05, 0.1) is 14.1 Å². The van der Waals surface area contributed by atoms with Crippen LogP contribution in [0.3, 0.4) is 0 Å². The van der Waals surface area contributed by atoms with Gasteiger partial charge in [-0.3, -0.25) is 4.58 Å². The van der Waals surface area contributed by atoms with Crippen LogP contribution in [0.25, 0.3) is 11.5 Å². The van der Waals surface area contributed by atoms with Crippen LogP contribution in [0.15, 0.2) is 101 Å². The van der Waals surface area contributed by atoms with Gasteiger partial charge in [0.2, 0.25) is 0 Å². The minimum absolute atomic E-state index is 0.837. The first-order valence-corrected chi connectivity index (χ1v) is 8.93. The SMILES string of the molecule is C[N+](C)=C1C=CC(=C2C=C(c3ccccc3)OC(c3ccccc3)=C2)C=N1. The van der Waals surface area contributed by atoms with Gasteiger partial charge in [0, 0.05) is 22.8 Å². The zero-order valence-electron chi connectivity index (χ0n) is 15.5. The van der Waals surface area contributed by atoms with Crippen LogP contribution in [0.1, 0.15) is 11.1 Å². The average molecular weight is 353 g/mol. The molecule has 3 heteroatoms. The van der Waals surface area contributed by atoms with E-state index >= 15 is 0 Å². The lowest BCUT2D eigenvalue weighted by Crippen LogP contribution is -2.11. The number of ether oxygens (including phenoxy) is 1. The fraction of sp³-hybridized carbons (Fsp3) is 0.0833. The van der Waals surface area contributed by atoms with E-state index in [4.69, 9.17) is 4.74 Å². The lowest BCUT2D eigenvalue weighted by Gasteiger charge is -2.19. The van der Waals surface area contributed by atoms with Gasteiger partial charge in [-0.1, -0.05) is 60.7 Å². The highest BCUT2D eigenvalue weighted by Gasteiger charge is 2.18. The Kier molecular flexibility index (Phi) is 4.67. The molecule has 0 bridgehead atoms. The number of nitrogens with zero attached hydrogens (tertiary/aromatic N) is 2. The molecule has 2 aliphatic heterocycles. The van der Waals surface area contributed by atoms with Crippen molar-refractivity contribution >= 4 is 23.6 Å². The van der Waals surface area contributed by atoms with Crippen molar-refractivity contribution in [2.24, 2.45) is 4.99 Å². The second-order valence-corrected chi connectivity index (χ2v) is 6.61. The maximum atomic E-state index is 6.24. The lowest BCUT2D eigenvalue weighted by molar-refractivity contribution is -0.464. The highest BCUT2D eigenvalue weighted by molar-refractivity contribution is 6.04. The maximum Gasteiger partial charge on any atom is 0.317 e.